The summed E-state index contributed by atoms with van der Waals surface area (Å²) in [5, 5.41) is 83.4. The SMILES string of the molecule is COc1cc([N+](=O)[O-])c(S(=O)(=O)O)cc1N=Nc1c(S(=O)(=O)O)cc2c(S(=O)(=O)O)cc(N=Nc3ccc4c(O)c(N=Nc5ccc(/N=N\c6c(C(=O)O)nn(-c7ccc(S(=O)(=O)O)cc7)c6O)c(S(=O)(=O)O)c5)c(S(=O)(=O)O)cc4c3S(=O)(=O)O)c(N)c2c1O. The summed E-state index contributed by atoms with van der Waals surface area (Å²) in [5.41, 5.74) is -5.42. The van der Waals surface area contributed by atoms with Crippen LogP contribution in [0.25, 0.3) is 27.2 Å². The molecule has 13 N–H and O–H groups in total. The molecular formula is C43H30N12O29S7. The number of aromatic carboxylic acids is 1. The lowest BCUT2D eigenvalue weighted by Gasteiger charge is -2.15. The largest absolute Gasteiger partial charge is 0.505 e. The number of nitrogens with zero attached hydrogens (tertiary/aromatic N) is 11. The molecule has 0 aliphatic heterocycles. The molecule has 0 radical (unpaired) electrons. The highest BCUT2D eigenvalue weighted by Crippen LogP contribution is 2.51. The van der Waals surface area contributed by atoms with Gasteiger partial charge in [-0.3, -0.25) is 42.0 Å². The van der Waals surface area contributed by atoms with E-state index in [4.69, 9.17) is 10.5 Å². The van der Waals surface area contributed by atoms with Crippen LogP contribution in [-0.4, -0.2) is 139 Å². The summed E-state index contributed by atoms with van der Waals surface area (Å²) in [4.78, 5) is 13.1. The number of carbonyl (C=O) groups is 1. The smallest absolute Gasteiger partial charge is 0.358 e. The Morgan fingerprint density at radius 3 is 1.54 bits per heavy atom. The summed E-state index contributed by atoms with van der Waals surface area (Å²) < 4.78 is 251. The number of carboxylic acids is 1. The number of benzene rings is 7. The lowest BCUT2D eigenvalue weighted by atomic mass is 10.0. The average Bonchev–Trinajstić information content (AvgIpc) is 1.25. The molecule has 0 saturated heterocycles. The van der Waals surface area contributed by atoms with Crippen molar-refractivity contribution in [3.63, 3.8) is 0 Å². The third-order valence-corrected chi connectivity index (χ3v) is 18.2. The average molecular weight is 1400 g/mol. The molecule has 41 nitrogen and oxygen atoms in total. The molecule has 0 aliphatic carbocycles. The topological polar surface area (TPSA) is 674 Å². The van der Waals surface area contributed by atoms with Crippen LogP contribution >= 0.6 is 0 Å². The van der Waals surface area contributed by atoms with E-state index >= 15 is 0 Å². The molecule has 0 fully saturated rings. The van der Waals surface area contributed by atoms with Gasteiger partial charge in [0.15, 0.2) is 27.8 Å². The summed E-state index contributed by atoms with van der Waals surface area (Å²) >= 11 is 0. The van der Waals surface area contributed by atoms with Gasteiger partial charge >= 0.3 is 16.1 Å². The van der Waals surface area contributed by atoms with E-state index in [2.05, 4.69) is 46.0 Å². The van der Waals surface area contributed by atoms with Crippen LogP contribution in [0.3, 0.4) is 0 Å². The first-order valence-corrected chi connectivity index (χ1v) is 33.0. The third-order valence-electron chi connectivity index (χ3n) is 12.0. The van der Waals surface area contributed by atoms with Crippen molar-refractivity contribution in [1.29, 1.82) is 0 Å². The zero-order valence-electron chi connectivity index (χ0n) is 43.7. The number of phenolic OH excluding ortho intramolecular Hbond substituents is 2. The van der Waals surface area contributed by atoms with Gasteiger partial charge in [0.05, 0.1) is 45.4 Å². The highest BCUT2D eigenvalue weighted by atomic mass is 32.2. The normalized spacial score (nSPS) is 13.2. The van der Waals surface area contributed by atoms with E-state index in [1.807, 2.05) is 0 Å². The number of nitro benzene ring substituents is 1. The summed E-state index contributed by atoms with van der Waals surface area (Å²) in [6, 6.07) is 8.51. The van der Waals surface area contributed by atoms with Gasteiger partial charge in [0.1, 0.15) is 58.6 Å². The van der Waals surface area contributed by atoms with Gasteiger partial charge in [-0.15, -0.1) is 35.8 Å². The highest BCUT2D eigenvalue weighted by molar-refractivity contribution is 7.87. The molecule has 1 aromatic heterocycles. The second kappa shape index (κ2) is 23.4. The van der Waals surface area contributed by atoms with Crippen molar-refractivity contribution in [2.24, 2.45) is 40.9 Å². The standard InChI is InChI=1S/C43H30N12O29S7/c1-84-27-15-26(55(61)62)30(88(72,73)74)13-24(27)48-51-36-32(90(78,79)80)12-21-28(86(66,67)68)14-25(34(44)33(21)40(36)57)49-47-23-9-7-19-20(41(23)91(81,82)83)11-31(89(75,76)77)35(39(19)56)50-45-16-2-8-22(29(10-16)87(69,70)71)46-52-37-38(43(59)60)53-54(42(37)58)17-3-5-18(6-4-17)85(63,64)65/h2-15,56-58H,44H2,1H3,(H,59,60)(H,63,64,65)(H,66,67,68)(H,69,70,71)(H,72,73,74)(H,75,76,77)(H,78,79,80)(H,81,82,83)/b49-47?,50-45?,51-48?,52-46-. The number of ether oxygens (including phenoxy) is 1. The minimum absolute atomic E-state index is 0.205. The maximum Gasteiger partial charge on any atom is 0.358 e. The van der Waals surface area contributed by atoms with Crippen LogP contribution in [0.4, 0.5) is 56.9 Å². The third kappa shape index (κ3) is 13.4. The number of fused-ring (bicyclic) bond motifs is 2. The fourth-order valence-electron chi connectivity index (χ4n) is 8.11. The molecule has 0 unspecified atom stereocenters. The molecule has 0 saturated carbocycles. The van der Waals surface area contributed by atoms with Gasteiger partial charge in [-0.05, 0) is 78.9 Å². The number of nitrogen functional groups attached to an aromatic ring is 1. The maximum absolute atomic E-state index is 13.1. The number of methoxy groups -OCH3 is 1. The van der Waals surface area contributed by atoms with Crippen LogP contribution in [0, 0.1) is 10.1 Å². The number of carboxylic acid groups (broad SMARTS) is 1. The second-order valence-corrected chi connectivity index (χ2v) is 27.4. The predicted molar refractivity (Wildman–Crippen MR) is 299 cm³/mol. The quantitative estimate of drug-likeness (QED) is 0.0129. The van der Waals surface area contributed by atoms with Crippen LogP contribution < -0.4 is 10.5 Å². The zero-order chi connectivity index (χ0) is 67.8. The van der Waals surface area contributed by atoms with Crippen molar-refractivity contribution in [2.45, 2.75) is 34.3 Å². The lowest BCUT2D eigenvalue weighted by molar-refractivity contribution is -0.388. The van der Waals surface area contributed by atoms with Crippen LogP contribution in [0.1, 0.15) is 10.5 Å². The second-order valence-electron chi connectivity index (χ2n) is 17.6. The van der Waals surface area contributed by atoms with Gasteiger partial charge < -0.3 is 30.9 Å². The zero-order valence-corrected chi connectivity index (χ0v) is 49.4. The maximum atomic E-state index is 13.1. The number of rotatable bonds is 19. The van der Waals surface area contributed by atoms with Gasteiger partial charge in [0, 0.05) is 16.2 Å². The number of hydrogen-bond donors (Lipinski definition) is 12. The predicted octanol–water partition coefficient (Wildman–Crippen LogP) is 6.88. The Bertz CT molecular complexity index is 5530. The number of phenols is 2. The van der Waals surface area contributed by atoms with E-state index < -0.39 is 223 Å². The minimum Gasteiger partial charge on any atom is -0.505 e. The molecular weight excluding hydrogens is 1370 g/mol. The molecule has 478 valence electrons. The van der Waals surface area contributed by atoms with Crippen LogP contribution in [0.5, 0.6) is 23.1 Å². The van der Waals surface area contributed by atoms with E-state index in [1.54, 1.807) is 0 Å². The van der Waals surface area contributed by atoms with E-state index in [0.717, 1.165) is 43.5 Å². The number of hydrogen-bond acceptors (Lipinski definition) is 31. The Labute approximate surface area is 505 Å². The fraction of sp³-hybridized carbons (Fsp3) is 0.0233. The molecule has 0 bridgehead atoms. The Balaban J connectivity index is 1.23. The summed E-state index contributed by atoms with van der Waals surface area (Å²) in [6.45, 7) is 0. The number of aromatic hydroxyl groups is 3. The van der Waals surface area contributed by atoms with Crippen LogP contribution in [0.2, 0.25) is 0 Å². The molecule has 0 amide bonds. The lowest BCUT2D eigenvalue weighted by Crippen LogP contribution is -2.05. The minimum atomic E-state index is -5.81. The number of aromatic nitrogens is 2. The first-order valence-electron chi connectivity index (χ1n) is 22.9. The summed E-state index contributed by atoms with van der Waals surface area (Å²) in [7, 11) is -37.7. The van der Waals surface area contributed by atoms with Crippen molar-refractivity contribution in [2.75, 3.05) is 12.8 Å². The highest BCUT2D eigenvalue weighted by Gasteiger charge is 2.33. The number of nitro groups is 1. The van der Waals surface area contributed by atoms with Crippen molar-refractivity contribution in [1.82, 2.24) is 9.78 Å². The molecule has 91 heavy (non-hydrogen) atoms. The van der Waals surface area contributed by atoms with E-state index in [1.165, 1.54) is 0 Å². The number of anilines is 1. The Hall–Kier alpha value is -10.1. The number of nitrogens with two attached hydrogens (primary N) is 1. The number of azo groups is 4. The molecule has 8 aromatic rings. The van der Waals surface area contributed by atoms with Crippen molar-refractivity contribution < 1.29 is 126 Å². The fourth-order valence-corrected chi connectivity index (χ4v) is 12.7. The van der Waals surface area contributed by atoms with Crippen LogP contribution in [0.15, 0.2) is 160 Å². The summed E-state index contributed by atoms with van der Waals surface area (Å²) in [5.74, 6) is -6.61. The first kappa shape index (κ1) is 66.9. The molecule has 48 heteroatoms. The summed E-state index contributed by atoms with van der Waals surface area (Å²) in [6.07, 6.45) is 0. The van der Waals surface area contributed by atoms with Crippen molar-refractivity contribution >= 4 is 155 Å². The van der Waals surface area contributed by atoms with Crippen molar-refractivity contribution in [3.8, 4) is 28.8 Å². The van der Waals surface area contributed by atoms with Gasteiger partial charge in [-0.25, -0.2) is 4.79 Å². The molecule has 0 atom stereocenters. The molecule has 0 aliphatic rings. The van der Waals surface area contributed by atoms with Crippen molar-refractivity contribution in [3.05, 3.63) is 101 Å². The monoisotopic (exact) mass is 1400 g/mol. The Morgan fingerprint density at radius 1 is 0.516 bits per heavy atom. The van der Waals surface area contributed by atoms with Gasteiger partial charge in [-0.2, -0.15) is 73.8 Å². The molecule has 8 rings (SSSR count). The van der Waals surface area contributed by atoms with E-state index in [-0.39, 0.29) is 17.8 Å². The van der Waals surface area contributed by atoms with Crippen LogP contribution in [-0.2, 0) is 70.8 Å². The van der Waals surface area contributed by atoms with E-state index in [0.29, 0.717) is 41.1 Å². The van der Waals surface area contributed by atoms with Gasteiger partial charge in [0.25, 0.3) is 66.4 Å². The van der Waals surface area contributed by atoms with Gasteiger partial charge in [0.2, 0.25) is 11.6 Å². The molecule has 7 aromatic carbocycles. The van der Waals surface area contributed by atoms with E-state index in [9.17, 15) is 126 Å². The molecule has 1 heterocycles. The Kier molecular flexibility index (Phi) is 17.2. The van der Waals surface area contributed by atoms with Gasteiger partial charge in [-0.1, -0.05) is 0 Å². The Morgan fingerprint density at radius 2 is 1.01 bits per heavy atom. The molecule has 0 spiro atoms. The first-order chi connectivity index (χ1) is 41.8.